The van der Waals surface area contributed by atoms with Gasteiger partial charge in [0.2, 0.25) is 0 Å². The zero-order valence-corrected chi connectivity index (χ0v) is 15.9. The van der Waals surface area contributed by atoms with Gasteiger partial charge in [0.15, 0.2) is 0 Å². The molecular weight excluding hydrogens is 356 g/mol. The van der Waals surface area contributed by atoms with Crippen LogP contribution in [-0.4, -0.2) is 64.2 Å². The highest BCUT2D eigenvalue weighted by Gasteiger charge is 2.27. The van der Waals surface area contributed by atoms with Gasteiger partial charge in [0.1, 0.15) is 0 Å². The van der Waals surface area contributed by atoms with Crippen LogP contribution >= 0.6 is 0 Å². The molecule has 6 nitrogen and oxygen atoms in total. The third kappa shape index (κ3) is 4.70. The summed E-state index contributed by atoms with van der Waals surface area (Å²) < 4.78 is 0. The van der Waals surface area contributed by atoms with Crippen LogP contribution in [0.4, 0.5) is 0 Å². The molecule has 148 valence electrons. The Morgan fingerprint density at radius 3 is 2.39 bits per heavy atom. The maximum absolute atomic E-state index is 10.9. The molecule has 0 aromatic rings. The van der Waals surface area contributed by atoms with Crippen LogP contribution < -0.4 is 0 Å². The number of carbonyl (C=O) groups is 2. The molecule has 0 radical (unpaired) electrons. The number of allylic oxidation sites excluding steroid dienone is 5. The van der Waals surface area contributed by atoms with Gasteiger partial charge in [-0.1, -0.05) is 31.4 Å². The SMILES string of the molecule is C=C1CC(N2CCN(C3=CC=C(CC(=O)O)C(=C)C3)CC2)C=CC1=CC(=O)O. The molecule has 1 unspecified atom stereocenters. The lowest BCUT2D eigenvalue weighted by Crippen LogP contribution is -2.50. The number of carboxylic acids is 2. The molecule has 0 amide bonds. The Morgan fingerprint density at radius 2 is 1.82 bits per heavy atom. The van der Waals surface area contributed by atoms with E-state index in [9.17, 15) is 9.59 Å². The van der Waals surface area contributed by atoms with Gasteiger partial charge < -0.3 is 15.1 Å². The monoisotopic (exact) mass is 382 g/mol. The van der Waals surface area contributed by atoms with Crippen molar-refractivity contribution in [2.75, 3.05) is 26.2 Å². The summed E-state index contributed by atoms with van der Waals surface area (Å²) in [5.41, 5.74) is 4.42. The number of carboxylic acid groups (broad SMARTS) is 2. The highest BCUT2D eigenvalue weighted by molar-refractivity contribution is 5.82. The van der Waals surface area contributed by atoms with E-state index in [2.05, 4.69) is 29.0 Å². The molecule has 0 spiro atoms. The first-order chi connectivity index (χ1) is 13.3. The second-order valence-corrected chi connectivity index (χ2v) is 7.40. The van der Waals surface area contributed by atoms with Crippen LogP contribution in [0.1, 0.15) is 19.3 Å². The first-order valence-electron chi connectivity index (χ1n) is 9.43. The summed E-state index contributed by atoms with van der Waals surface area (Å²) in [6.07, 6.45) is 10.5. The van der Waals surface area contributed by atoms with Crippen molar-refractivity contribution in [1.29, 1.82) is 0 Å². The second kappa shape index (κ2) is 8.44. The van der Waals surface area contributed by atoms with Gasteiger partial charge in [-0.05, 0) is 34.8 Å². The van der Waals surface area contributed by atoms with Crippen LogP contribution in [0.2, 0.25) is 0 Å². The molecule has 1 aliphatic heterocycles. The summed E-state index contributed by atoms with van der Waals surface area (Å²) in [5, 5.41) is 17.9. The van der Waals surface area contributed by atoms with Crippen LogP contribution in [0.15, 0.2) is 71.5 Å². The van der Waals surface area contributed by atoms with Gasteiger partial charge in [0.05, 0.1) is 6.42 Å². The number of rotatable bonds is 5. The van der Waals surface area contributed by atoms with Crippen LogP contribution in [0.25, 0.3) is 0 Å². The third-order valence-electron chi connectivity index (χ3n) is 5.50. The Morgan fingerprint density at radius 1 is 1.11 bits per heavy atom. The molecule has 0 aromatic heterocycles. The standard InChI is InChI=1S/C22H26N2O4/c1-15-11-19(5-3-17(15)13-21(25)26)23-7-9-24(10-8-23)20-6-4-18(14-22(27)28)16(2)12-20/h3-6,13,19H,1-2,7-12,14H2,(H,25,26)(H,27,28). The number of hydrogen-bond acceptors (Lipinski definition) is 4. The van der Waals surface area contributed by atoms with Crippen molar-refractivity contribution in [3.8, 4) is 0 Å². The molecule has 0 aromatic carbocycles. The lowest BCUT2D eigenvalue weighted by Gasteiger charge is -2.42. The lowest BCUT2D eigenvalue weighted by molar-refractivity contribution is -0.136. The first kappa shape index (κ1) is 19.9. The summed E-state index contributed by atoms with van der Waals surface area (Å²) in [6.45, 7) is 11.7. The van der Waals surface area contributed by atoms with Crippen LogP contribution in [-0.2, 0) is 9.59 Å². The predicted molar refractivity (Wildman–Crippen MR) is 108 cm³/mol. The van der Waals surface area contributed by atoms with E-state index in [4.69, 9.17) is 10.2 Å². The zero-order valence-electron chi connectivity index (χ0n) is 15.9. The summed E-state index contributed by atoms with van der Waals surface area (Å²) in [6, 6.07) is 0.248. The molecule has 0 saturated carbocycles. The highest BCUT2D eigenvalue weighted by atomic mass is 16.4. The van der Waals surface area contributed by atoms with Crippen molar-refractivity contribution in [2.45, 2.75) is 25.3 Å². The van der Waals surface area contributed by atoms with Gasteiger partial charge in [0, 0.05) is 50.4 Å². The van der Waals surface area contributed by atoms with Crippen molar-refractivity contribution in [3.05, 3.63) is 71.5 Å². The molecule has 1 atom stereocenters. The van der Waals surface area contributed by atoms with E-state index >= 15 is 0 Å². The van der Waals surface area contributed by atoms with Crippen molar-refractivity contribution < 1.29 is 19.8 Å². The largest absolute Gasteiger partial charge is 0.481 e. The van der Waals surface area contributed by atoms with Crippen molar-refractivity contribution in [2.24, 2.45) is 0 Å². The summed E-state index contributed by atoms with van der Waals surface area (Å²) in [4.78, 5) is 26.5. The number of hydrogen-bond donors (Lipinski definition) is 2. The predicted octanol–water partition coefficient (Wildman–Crippen LogP) is 2.74. The van der Waals surface area contributed by atoms with E-state index in [1.807, 2.05) is 18.2 Å². The Labute approximate surface area is 165 Å². The van der Waals surface area contributed by atoms with Gasteiger partial charge in [0.25, 0.3) is 0 Å². The van der Waals surface area contributed by atoms with E-state index in [0.29, 0.717) is 12.0 Å². The summed E-state index contributed by atoms with van der Waals surface area (Å²) >= 11 is 0. The molecule has 28 heavy (non-hydrogen) atoms. The topological polar surface area (TPSA) is 81.1 Å². The fourth-order valence-electron chi connectivity index (χ4n) is 3.92. The number of aliphatic carboxylic acids is 2. The fourth-order valence-corrected chi connectivity index (χ4v) is 3.92. The van der Waals surface area contributed by atoms with E-state index < -0.39 is 11.9 Å². The zero-order chi connectivity index (χ0) is 20.3. The molecule has 1 heterocycles. The molecule has 1 fully saturated rings. The molecule has 3 aliphatic rings. The van der Waals surface area contributed by atoms with Crippen LogP contribution in [0.5, 0.6) is 0 Å². The lowest BCUT2D eigenvalue weighted by atomic mass is 9.91. The average molecular weight is 382 g/mol. The number of nitrogens with zero attached hydrogens (tertiary/aromatic N) is 2. The van der Waals surface area contributed by atoms with Gasteiger partial charge >= 0.3 is 11.9 Å². The van der Waals surface area contributed by atoms with Gasteiger partial charge in [-0.2, -0.15) is 0 Å². The second-order valence-electron chi connectivity index (χ2n) is 7.40. The quantitative estimate of drug-likeness (QED) is 0.712. The molecule has 2 N–H and O–H groups in total. The molecule has 6 heteroatoms. The first-order valence-corrected chi connectivity index (χ1v) is 9.43. The molecule has 3 rings (SSSR count). The van der Waals surface area contributed by atoms with Gasteiger partial charge in [-0.3, -0.25) is 9.69 Å². The van der Waals surface area contributed by atoms with Crippen molar-refractivity contribution in [3.63, 3.8) is 0 Å². The minimum absolute atomic E-state index is 0.0204. The summed E-state index contributed by atoms with van der Waals surface area (Å²) in [7, 11) is 0. The number of piperazine rings is 1. The van der Waals surface area contributed by atoms with E-state index in [-0.39, 0.29) is 12.5 Å². The Kier molecular flexibility index (Phi) is 5.99. The minimum Gasteiger partial charge on any atom is -0.481 e. The van der Waals surface area contributed by atoms with Crippen molar-refractivity contribution >= 4 is 11.9 Å². The molecule has 2 aliphatic carbocycles. The minimum atomic E-state index is -0.948. The normalized spacial score (nSPS) is 24.9. The highest BCUT2D eigenvalue weighted by Crippen LogP contribution is 2.30. The van der Waals surface area contributed by atoms with Gasteiger partial charge in [-0.15, -0.1) is 0 Å². The Bertz CT molecular complexity index is 823. The Balaban J connectivity index is 1.58. The average Bonchev–Trinajstić information content (AvgIpc) is 2.64. The molecule has 0 bridgehead atoms. The molecule has 1 saturated heterocycles. The van der Waals surface area contributed by atoms with Crippen LogP contribution in [0, 0.1) is 0 Å². The van der Waals surface area contributed by atoms with Gasteiger partial charge in [-0.25, -0.2) is 4.79 Å². The van der Waals surface area contributed by atoms with E-state index in [1.54, 1.807) is 0 Å². The van der Waals surface area contributed by atoms with Crippen LogP contribution in [0.3, 0.4) is 0 Å². The van der Waals surface area contributed by atoms with Crippen molar-refractivity contribution in [1.82, 2.24) is 9.80 Å². The summed E-state index contributed by atoms with van der Waals surface area (Å²) in [5.74, 6) is -1.78. The maximum Gasteiger partial charge on any atom is 0.328 e. The smallest absolute Gasteiger partial charge is 0.328 e. The maximum atomic E-state index is 10.9. The Hall–Kier alpha value is -2.86. The van der Waals surface area contributed by atoms with E-state index in [0.717, 1.165) is 49.3 Å². The third-order valence-corrected chi connectivity index (χ3v) is 5.50. The fraction of sp³-hybridized carbons (Fsp3) is 0.364. The molecular formula is C22H26N2O4. The van der Waals surface area contributed by atoms with E-state index in [1.165, 1.54) is 11.8 Å².